The summed E-state index contributed by atoms with van der Waals surface area (Å²) < 4.78 is 1.13. The van der Waals surface area contributed by atoms with Crippen LogP contribution in [0.4, 0.5) is 4.79 Å². The van der Waals surface area contributed by atoms with Gasteiger partial charge in [-0.1, -0.05) is 19.3 Å². The number of halogens is 2. The van der Waals surface area contributed by atoms with Gasteiger partial charge < -0.3 is 0 Å². The summed E-state index contributed by atoms with van der Waals surface area (Å²) in [6.07, 6.45) is 5.53. The van der Waals surface area contributed by atoms with E-state index >= 15 is 0 Å². The summed E-state index contributed by atoms with van der Waals surface area (Å²) in [6, 6.07) is 0.162. The largest absolute Gasteiger partial charge is 0.331 e. The summed E-state index contributed by atoms with van der Waals surface area (Å²) >= 11 is 10.9. The predicted molar refractivity (Wildman–Crippen MR) is 45.8 cm³/mol. The normalized spacial score (nSPS) is 19.8. The third-order valence-corrected chi connectivity index (χ3v) is 2.76. The third kappa shape index (κ3) is 2.53. The molecule has 0 N–H and O–H groups in total. The fourth-order valence-electron chi connectivity index (χ4n) is 1.45. The first-order valence-corrected chi connectivity index (χ1v) is 4.58. The number of carbonyl (C=O) groups excluding carboxylic acids is 1. The van der Waals surface area contributed by atoms with E-state index in [0.717, 1.165) is 30.1 Å². The standard InChI is InChI=1S/C7H11Cl2NO/c8-7(11)10(9)6-4-2-1-3-5-6/h6H,1-5H2. The Hall–Kier alpha value is 0.0500. The number of hydrogen-bond donors (Lipinski definition) is 0. The molecule has 1 rings (SSSR count). The van der Waals surface area contributed by atoms with Crippen LogP contribution in [-0.2, 0) is 0 Å². The molecule has 64 valence electrons. The molecule has 4 heteroatoms. The molecule has 0 unspecified atom stereocenters. The van der Waals surface area contributed by atoms with Crippen LogP contribution in [0.3, 0.4) is 0 Å². The Bertz CT molecular complexity index is 145. The highest BCUT2D eigenvalue weighted by molar-refractivity contribution is 6.65. The van der Waals surface area contributed by atoms with Crippen molar-refractivity contribution in [2.45, 2.75) is 38.1 Å². The third-order valence-electron chi connectivity index (χ3n) is 2.06. The van der Waals surface area contributed by atoms with Crippen LogP contribution in [0.5, 0.6) is 0 Å². The number of carbonyl (C=O) groups is 1. The lowest BCUT2D eigenvalue weighted by atomic mass is 9.96. The van der Waals surface area contributed by atoms with Crippen LogP contribution in [0.2, 0.25) is 0 Å². The van der Waals surface area contributed by atoms with Gasteiger partial charge in [0.15, 0.2) is 0 Å². The Morgan fingerprint density at radius 2 is 1.82 bits per heavy atom. The first kappa shape index (κ1) is 9.14. The van der Waals surface area contributed by atoms with Crippen LogP contribution in [-0.4, -0.2) is 15.8 Å². The molecule has 0 aromatic heterocycles. The average Bonchev–Trinajstić information content (AvgIpc) is 2.05. The van der Waals surface area contributed by atoms with Gasteiger partial charge in [0.1, 0.15) is 0 Å². The second kappa shape index (κ2) is 4.17. The Kier molecular flexibility index (Phi) is 3.46. The molecule has 0 spiro atoms. The van der Waals surface area contributed by atoms with Gasteiger partial charge in [-0.15, -0.1) is 0 Å². The van der Waals surface area contributed by atoms with E-state index in [0.29, 0.717) is 0 Å². The highest BCUT2D eigenvalue weighted by Crippen LogP contribution is 2.24. The van der Waals surface area contributed by atoms with E-state index in [1.165, 1.54) is 6.42 Å². The molecule has 0 saturated heterocycles. The summed E-state index contributed by atoms with van der Waals surface area (Å²) in [5.41, 5.74) is 0. The Morgan fingerprint density at radius 3 is 2.27 bits per heavy atom. The van der Waals surface area contributed by atoms with Crippen molar-refractivity contribution in [3.05, 3.63) is 0 Å². The van der Waals surface area contributed by atoms with Crippen LogP contribution >= 0.6 is 23.4 Å². The predicted octanol–water partition coefficient (Wildman–Crippen LogP) is 3.13. The molecule has 0 aromatic rings. The molecule has 1 aliphatic rings. The van der Waals surface area contributed by atoms with Crippen LogP contribution in [0.15, 0.2) is 0 Å². The summed E-state index contributed by atoms with van der Waals surface area (Å²) in [6.45, 7) is 0. The molecule has 11 heavy (non-hydrogen) atoms. The zero-order chi connectivity index (χ0) is 8.27. The fourth-order valence-corrected chi connectivity index (χ4v) is 1.78. The first-order valence-electron chi connectivity index (χ1n) is 3.86. The lowest BCUT2D eigenvalue weighted by molar-refractivity contribution is 0.224. The van der Waals surface area contributed by atoms with E-state index in [2.05, 4.69) is 0 Å². The molecule has 0 bridgehead atoms. The molecule has 0 aliphatic heterocycles. The molecule has 0 heterocycles. The van der Waals surface area contributed by atoms with E-state index < -0.39 is 5.37 Å². The van der Waals surface area contributed by atoms with Crippen molar-refractivity contribution in [2.24, 2.45) is 0 Å². The van der Waals surface area contributed by atoms with Crippen LogP contribution in [0.25, 0.3) is 0 Å². The van der Waals surface area contributed by atoms with E-state index in [1.54, 1.807) is 0 Å². The summed E-state index contributed by atoms with van der Waals surface area (Å²) in [5, 5.41) is -0.557. The second-order valence-electron chi connectivity index (χ2n) is 2.86. The van der Waals surface area contributed by atoms with Crippen molar-refractivity contribution in [1.29, 1.82) is 0 Å². The molecule has 0 aromatic carbocycles. The number of nitrogens with zero attached hydrogens (tertiary/aromatic N) is 1. The minimum Gasteiger partial charge on any atom is -0.254 e. The van der Waals surface area contributed by atoms with Gasteiger partial charge in [0.2, 0.25) is 0 Å². The monoisotopic (exact) mass is 195 g/mol. The summed E-state index contributed by atoms with van der Waals surface area (Å²) in [5.74, 6) is 0. The van der Waals surface area contributed by atoms with Crippen molar-refractivity contribution in [2.75, 3.05) is 0 Å². The van der Waals surface area contributed by atoms with Gasteiger partial charge >= 0.3 is 5.37 Å². The Labute approximate surface area is 76.6 Å². The van der Waals surface area contributed by atoms with Crippen molar-refractivity contribution in [1.82, 2.24) is 4.42 Å². The van der Waals surface area contributed by atoms with Gasteiger partial charge in [0.25, 0.3) is 0 Å². The minimum atomic E-state index is -0.557. The first-order chi connectivity index (χ1) is 5.22. The van der Waals surface area contributed by atoms with Gasteiger partial charge in [-0.3, -0.25) is 4.79 Å². The topological polar surface area (TPSA) is 20.3 Å². The van der Waals surface area contributed by atoms with Gasteiger partial charge in [-0.2, -0.15) is 0 Å². The van der Waals surface area contributed by atoms with Crippen LogP contribution < -0.4 is 0 Å². The zero-order valence-corrected chi connectivity index (χ0v) is 7.74. The van der Waals surface area contributed by atoms with E-state index in [-0.39, 0.29) is 6.04 Å². The average molecular weight is 196 g/mol. The van der Waals surface area contributed by atoms with Crippen molar-refractivity contribution < 1.29 is 4.79 Å². The summed E-state index contributed by atoms with van der Waals surface area (Å²) in [4.78, 5) is 10.6. The Balaban J connectivity index is 2.38. The van der Waals surface area contributed by atoms with Gasteiger partial charge in [-0.05, 0) is 24.4 Å². The maximum Gasteiger partial charge on any atom is 0.331 e. The number of amides is 1. The maximum absolute atomic E-state index is 10.6. The second-order valence-corrected chi connectivity index (χ2v) is 3.54. The lowest BCUT2D eigenvalue weighted by Gasteiger charge is -2.26. The highest BCUT2D eigenvalue weighted by Gasteiger charge is 2.22. The molecule has 1 saturated carbocycles. The van der Waals surface area contributed by atoms with Crippen LogP contribution in [0, 0.1) is 0 Å². The van der Waals surface area contributed by atoms with Crippen molar-refractivity contribution in [3.63, 3.8) is 0 Å². The van der Waals surface area contributed by atoms with E-state index in [9.17, 15) is 4.79 Å². The summed E-state index contributed by atoms with van der Waals surface area (Å²) in [7, 11) is 0. The molecule has 0 radical (unpaired) electrons. The highest BCUT2D eigenvalue weighted by atomic mass is 35.5. The molecule has 2 nitrogen and oxygen atoms in total. The molecular weight excluding hydrogens is 185 g/mol. The number of rotatable bonds is 1. The van der Waals surface area contributed by atoms with E-state index in [4.69, 9.17) is 23.4 Å². The molecular formula is C7H11Cl2NO. The minimum absolute atomic E-state index is 0.162. The van der Waals surface area contributed by atoms with Crippen molar-refractivity contribution in [3.8, 4) is 0 Å². The maximum atomic E-state index is 10.6. The number of hydrogen-bond acceptors (Lipinski definition) is 1. The lowest BCUT2D eigenvalue weighted by Crippen LogP contribution is -2.30. The van der Waals surface area contributed by atoms with Gasteiger partial charge in [-0.25, -0.2) is 4.42 Å². The van der Waals surface area contributed by atoms with Crippen LogP contribution in [0.1, 0.15) is 32.1 Å². The van der Waals surface area contributed by atoms with Gasteiger partial charge in [0, 0.05) is 17.8 Å². The van der Waals surface area contributed by atoms with E-state index in [1.807, 2.05) is 0 Å². The molecule has 1 aliphatic carbocycles. The zero-order valence-electron chi connectivity index (χ0n) is 6.22. The fraction of sp³-hybridized carbons (Fsp3) is 0.857. The molecule has 0 atom stereocenters. The SMILES string of the molecule is O=C(Cl)N(Cl)C1CCCCC1. The molecule has 1 amide bonds. The smallest absolute Gasteiger partial charge is 0.254 e. The van der Waals surface area contributed by atoms with Gasteiger partial charge in [0.05, 0.1) is 0 Å². The van der Waals surface area contributed by atoms with Crippen molar-refractivity contribution >= 4 is 28.7 Å². The quantitative estimate of drug-likeness (QED) is 0.358. The molecule has 1 fully saturated rings. The Morgan fingerprint density at radius 1 is 1.27 bits per heavy atom.